The average molecular weight is 343 g/mol. The van der Waals surface area contributed by atoms with E-state index in [0.29, 0.717) is 12.8 Å². The summed E-state index contributed by atoms with van der Waals surface area (Å²) in [5.41, 5.74) is 0. The van der Waals surface area contributed by atoms with Gasteiger partial charge in [0, 0.05) is 11.1 Å². The first-order valence-corrected chi connectivity index (χ1v) is 6.48. The van der Waals surface area contributed by atoms with Gasteiger partial charge in [-0.05, 0) is 12.8 Å². The van der Waals surface area contributed by atoms with Crippen LogP contribution in [0.5, 0.6) is 0 Å². The van der Waals surface area contributed by atoms with Gasteiger partial charge in [0.1, 0.15) is 0 Å². The molecule has 21 heavy (non-hydrogen) atoms. The lowest BCUT2D eigenvalue weighted by atomic mass is 10.1. The molecule has 0 saturated carbocycles. The molecule has 0 aromatic rings. The molecule has 0 spiro atoms. The van der Waals surface area contributed by atoms with Gasteiger partial charge < -0.3 is 0 Å². The van der Waals surface area contributed by atoms with Crippen LogP contribution in [-0.4, -0.2) is 23.8 Å². The number of hydrogen-bond acceptors (Lipinski definition) is 1. The van der Waals surface area contributed by atoms with E-state index in [1.807, 2.05) is 6.92 Å². The number of hydrogen-bond donors (Lipinski definition) is 0. The Hall–Kier alpha value is -0.790. The molecule has 0 aromatic heterocycles. The van der Waals surface area contributed by atoms with Gasteiger partial charge in [0.15, 0.2) is 0 Å². The SMILES string of the molecule is CCCCCC/C(Cl)=C/C(=O)C(F)(F)C(F)(F)C(F)(F)F. The van der Waals surface area contributed by atoms with Crippen molar-refractivity contribution in [3.63, 3.8) is 0 Å². The van der Waals surface area contributed by atoms with Crippen LogP contribution in [0.15, 0.2) is 11.1 Å². The van der Waals surface area contributed by atoms with Crippen molar-refractivity contribution in [2.24, 2.45) is 0 Å². The van der Waals surface area contributed by atoms with Gasteiger partial charge in [0.2, 0.25) is 5.78 Å². The van der Waals surface area contributed by atoms with E-state index in [4.69, 9.17) is 11.6 Å². The molecular weight excluding hydrogens is 329 g/mol. The zero-order valence-electron chi connectivity index (χ0n) is 11.0. The summed E-state index contributed by atoms with van der Waals surface area (Å²) in [6.45, 7) is 1.90. The topological polar surface area (TPSA) is 17.1 Å². The van der Waals surface area contributed by atoms with Crippen LogP contribution < -0.4 is 0 Å². The van der Waals surface area contributed by atoms with Gasteiger partial charge >= 0.3 is 18.0 Å². The van der Waals surface area contributed by atoms with Gasteiger partial charge in [-0.3, -0.25) is 4.79 Å². The Morgan fingerprint density at radius 1 is 1.00 bits per heavy atom. The zero-order chi connectivity index (χ0) is 16.9. The van der Waals surface area contributed by atoms with Crippen molar-refractivity contribution >= 4 is 17.4 Å². The van der Waals surface area contributed by atoms with Crippen molar-refractivity contribution in [1.29, 1.82) is 0 Å². The van der Waals surface area contributed by atoms with Gasteiger partial charge in [-0.2, -0.15) is 30.7 Å². The van der Waals surface area contributed by atoms with Crippen molar-refractivity contribution in [1.82, 2.24) is 0 Å². The first-order valence-electron chi connectivity index (χ1n) is 6.10. The first-order chi connectivity index (χ1) is 9.38. The molecule has 0 rings (SSSR count). The van der Waals surface area contributed by atoms with Gasteiger partial charge in [-0.1, -0.05) is 37.8 Å². The molecule has 0 unspecified atom stereocenters. The Balaban J connectivity index is 4.91. The fraction of sp³-hybridized carbons (Fsp3) is 0.750. The molecule has 0 aromatic carbocycles. The smallest absolute Gasteiger partial charge is 0.288 e. The molecule has 9 heteroatoms. The minimum absolute atomic E-state index is 0.0407. The van der Waals surface area contributed by atoms with E-state index >= 15 is 0 Å². The molecule has 0 aliphatic heterocycles. The monoisotopic (exact) mass is 342 g/mol. The minimum atomic E-state index is -6.53. The third kappa shape index (κ3) is 5.16. The summed E-state index contributed by atoms with van der Waals surface area (Å²) < 4.78 is 86.8. The maximum absolute atomic E-state index is 13.0. The van der Waals surface area contributed by atoms with Crippen LogP contribution in [0.2, 0.25) is 0 Å². The lowest BCUT2D eigenvalue weighted by Crippen LogP contribution is -2.55. The fourth-order valence-corrected chi connectivity index (χ4v) is 1.59. The van der Waals surface area contributed by atoms with Crippen molar-refractivity contribution in [3.8, 4) is 0 Å². The van der Waals surface area contributed by atoms with Gasteiger partial charge in [0.25, 0.3) is 0 Å². The number of carbonyl (C=O) groups excluding carboxylic acids is 1. The van der Waals surface area contributed by atoms with Crippen LogP contribution in [0.1, 0.15) is 39.0 Å². The largest absolute Gasteiger partial charge is 0.460 e. The predicted octanol–water partition coefficient (Wildman–Crippen LogP) is 5.48. The summed E-state index contributed by atoms with van der Waals surface area (Å²) >= 11 is 5.41. The van der Waals surface area contributed by atoms with Crippen LogP contribution in [-0.2, 0) is 4.79 Å². The molecule has 0 amide bonds. The number of ketones is 1. The van der Waals surface area contributed by atoms with E-state index < -0.39 is 28.8 Å². The lowest BCUT2D eigenvalue weighted by molar-refractivity contribution is -0.342. The molecule has 0 saturated heterocycles. The third-order valence-electron chi connectivity index (χ3n) is 2.62. The standard InChI is InChI=1S/C12H14ClF7O/c1-2-3-4-5-6-8(13)7-9(21)10(14,15)11(16,17)12(18,19)20/h7H,2-6H2,1H3/b8-7-. The number of rotatable bonds is 8. The molecule has 0 atom stereocenters. The quantitative estimate of drug-likeness (QED) is 0.324. The van der Waals surface area contributed by atoms with E-state index in [0.717, 1.165) is 12.8 Å². The molecule has 0 N–H and O–H groups in total. The van der Waals surface area contributed by atoms with Crippen LogP contribution in [0.4, 0.5) is 30.7 Å². The maximum Gasteiger partial charge on any atom is 0.460 e. The molecule has 0 aliphatic carbocycles. The predicted molar refractivity (Wildman–Crippen MR) is 63.7 cm³/mol. The highest BCUT2D eigenvalue weighted by Crippen LogP contribution is 2.47. The second kappa shape index (κ2) is 7.47. The highest BCUT2D eigenvalue weighted by molar-refractivity contribution is 6.31. The highest BCUT2D eigenvalue weighted by atomic mass is 35.5. The van der Waals surface area contributed by atoms with E-state index in [-0.39, 0.29) is 12.5 Å². The van der Waals surface area contributed by atoms with Gasteiger partial charge in [-0.15, -0.1) is 0 Å². The summed E-state index contributed by atoms with van der Waals surface area (Å²) in [5, 5.41) is -0.478. The number of unbranched alkanes of at least 4 members (excludes halogenated alkanes) is 3. The minimum Gasteiger partial charge on any atom is -0.288 e. The van der Waals surface area contributed by atoms with Crippen molar-refractivity contribution in [2.75, 3.05) is 0 Å². The van der Waals surface area contributed by atoms with E-state index in [1.165, 1.54) is 0 Å². The van der Waals surface area contributed by atoms with E-state index in [2.05, 4.69) is 0 Å². The highest BCUT2D eigenvalue weighted by Gasteiger charge is 2.75. The second-order valence-corrected chi connectivity index (χ2v) is 4.90. The molecule has 0 bridgehead atoms. The third-order valence-corrected chi connectivity index (χ3v) is 2.91. The Kier molecular flexibility index (Phi) is 7.19. The molecule has 124 valence electrons. The number of halogens is 8. The fourth-order valence-electron chi connectivity index (χ4n) is 1.36. The molecular formula is C12H14ClF7O. The van der Waals surface area contributed by atoms with Crippen molar-refractivity contribution in [2.45, 2.75) is 57.0 Å². The Labute approximate surface area is 122 Å². The van der Waals surface area contributed by atoms with Gasteiger partial charge in [0.05, 0.1) is 0 Å². The summed E-state index contributed by atoms with van der Waals surface area (Å²) in [5.74, 6) is -15.0. The summed E-state index contributed by atoms with van der Waals surface area (Å²) in [6.07, 6.45) is -3.86. The van der Waals surface area contributed by atoms with Crippen molar-refractivity contribution in [3.05, 3.63) is 11.1 Å². The maximum atomic E-state index is 13.0. The second-order valence-electron chi connectivity index (χ2n) is 4.41. The summed E-state index contributed by atoms with van der Waals surface area (Å²) in [6, 6.07) is 0. The van der Waals surface area contributed by atoms with Crippen LogP contribution >= 0.6 is 11.6 Å². The van der Waals surface area contributed by atoms with E-state index in [9.17, 15) is 35.5 Å². The molecule has 0 heterocycles. The molecule has 0 fully saturated rings. The Morgan fingerprint density at radius 3 is 1.95 bits per heavy atom. The molecule has 1 nitrogen and oxygen atoms in total. The first kappa shape index (κ1) is 20.2. The lowest BCUT2D eigenvalue weighted by Gasteiger charge is -2.26. The number of carbonyl (C=O) groups is 1. The van der Waals surface area contributed by atoms with Crippen LogP contribution in [0.25, 0.3) is 0 Å². The van der Waals surface area contributed by atoms with Crippen LogP contribution in [0, 0.1) is 0 Å². The molecule has 0 radical (unpaired) electrons. The van der Waals surface area contributed by atoms with Crippen molar-refractivity contribution < 1.29 is 35.5 Å². The molecule has 0 aliphatic rings. The Morgan fingerprint density at radius 2 is 1.52 bits per heavy atom. The van der Waals surface area contributed by atoms with Gasteiger partial charge in [-0.25, -0.2) is 0 Å². The summed E-state index contributed by atoms with van der Waals surface area (Å²) in [7, 11) is 0. The van der Waals surface area contributed by atoms with Crippen LogP contribution in [0.3, 0.4) is 0 Å². The Bertz CT molecular complexity index is 388. The summed E-state index contributed by atoms with van der Waals surface area (Å²) in [4.78, 5) is 11.0. The van der Waals surface area contributed by atoms with E-state index in [1.54, 1.807) is 0 Å². The number of alkyl halides is 7. The zero-order valence-corrected chi connectivity index (χ0v) is 11.8. The average Bonchev–Trinajstić information content (AvgIpc) is 2.32. The number of allylic oxidation sites excluding steroid dienone is 2. The normalized spacial score (nSPS) is 14.4.